The average Bonchev–Trinajstić information content (AvgIpc) is 3.65. The maximum absolute atomic E-state index is 13.7. The lowest BCUT2D eigenvalue weighted by atomic mass is 9.43. The van der Waals surface area contributed by atoms with Gasteiger partial charge in [0.05, 0.1) is 12.0 Å². The van der Waals surface area contributed by atoms with E-state index in [1.807, 2.05) is 12.1 Å². The highest BCUT2D eigenvalue weighted by Gasteiger charge is 2.68. The van der Waals surface area contributed by atoms with Gasteiger partial charge in [0.25, 0.3) is 0 Å². The number of ketones is 1. The number of carbonyl (C=O) groups excluding carboxylic acids is 3. The summed E-state index contributed by atoms with van der Waals surface area (Å²) in [6.07, 6.45) is 6.55. The number of nitrogens with zero attached hydrogens (tertiary/aromatic N) is 2. The van der Waals surface area contributed by atoms with Gasteiger partial charge in [-0.3, -0.25) is 19.9 Å². The number of ether oxygens (including phenoxy) is 1. The van der Waals surface area contributed by atoms with Crippen LogP contribution < -0.4 is 5.32 Å². The Balaban J connectivity index is 1.35. The fraction of sp³-hybridized carbons (Fsp3) is 0.750. The lowest BCUT2D eigenvalue weighted by molar-refractivity contribution is -0.198. The van der Waals surface area contributed by atoms with Crippen molar-refractivity contribution in [2.45, 2.75) is 84.8 Å². The van der Waals surface area contributed by atoms with Gasteiger partial charge in [0.1, 0.15) is 11.9 Å². The Morgan fingerprint density at radius 2 is 1.90 bits per heavy atom. The van der Waals surface area contributed by atoms with Gasteiger partial charge in [0, 0.05) is 48.7 Å². The monoisotopic (exact) mass is 551 g/mol. The van der Waals surface area contributed by atoms with E-state index in [1.54, 1.807) is 12.4 Å². The summed E-state index contributed by atoms with van der Waals surface area (Å²) < 4.78 is 6.31. The fourth-order valence-corrected chi connectivity index (χ4v) is 9.93. The van der Waals surface area contributed by atoms with E-state index in [0.29, 0.717) is 31.7 Å². The van der Waals surface area contributed by atoms with E-state index in [4.69, 9.17) is 4.74 Å². The van der Waals surface area contributed by atoms with Gasteiger partial charge in [-0.05, 0) is 85.9 Å². The van der Waals surface area contributed by atoms with Crippen molar-refractivity contribution in [2.75, 3.05) is 19.6 Å². The van der Waals surface area contributed by atoms with E-state index >= 15 is 0 Å². The van der Waals surface area contributed by atoms with Crippen LogP contribution in [0.25, 0.3) is 0 Å². The summed E-state index contributed by atoms with van der Waals surface area (Å²) in [7, 11) is 0. The third kappa shape index (κ3) is 4.23. The molecule has 8 heteroatoms. The number of pyridine rings is 1. The second-order valence-corrected chi connectivity index (χ2v) is 14.4. The number of fused-ring (bicyclic) bond motifs is 2. The quantitative estimate of drug-likeness (QED) is 0.582. The molecule has 2 saturated heterocycles. The molecule has 2 amide bonds. The van der Waals surface area contributed by atoms with Gasteiger partial charge in [0.15, 0.2) is 0 Å². The number of hydrogen-bond donors (Lipinski definition) is 2. The van der Waals surface area contributed by atoms with Gasteiger partial charge < -0.3 is 14.7 Å². The number of aliphatic hydroxyl groups excluding tert-OH is 1. The van der Waals surface area contributed by atoms with E-state index in [-0.39, 0.29) is 40.8 Å². The predicted octanol–water partition coefficient (Wildman–Crippen LogP) is 4.01. The lowest BCUT2D eigenvalue weighted by Crippen LogP contribution is -2.64. The van der Waals surface area contributed by atoms with Crippen molar-refractivity contribution in [3.05, 3.63) is 30.1 Å². The summed E-state index contributed by atoms with van der Waals surface area (Å²) in [6, 6.07) is 3.94. The molecule has 4 bridgehead atoms. The highest BCUT2D eigenvalue weighted by atomic mass is 16.6. The largest absolute Gasteiger partial charge is 0.445 e. The number of alkyl carbamates (subject to hydrolysis) is 1. The normalized spacial score (nSPS) is 45.9. The van der Waals surface area contributed by atoms with Gasteiger partial charge in [-0.25, -0.2) is 4.79 Å². The number of carbonyl (C=O) groups is 3. The zero-order chi connectivity index (χ0) is 28.4. The molecule has 5 fully saturated rings. The standard InChI is InChI=1S/C32H45N3O5/c1-19-5-10-32-11-6-24(36)26(32)31(19,4)25(40-29(39)34-28(38)23-18-35-14-9-22(23)17-35)16-30(3,27(37)20(32)2)15-21-7-12-33-13-8-21/h7-8,12-13,19-20,22-23,25-27,37H,5-6,9-11,14-18H2,1-4H3,(H,34,38,39)/t19-,20+,22+,23+,25-,26?,27+,30-,31+,32?/m1/s1. The first kappa shape index (κ1) is 27.8. The van der Waals surface area contributed by atoms with Crippen LogP contribution >= 0.6 is 0 Å². The van der Waals surface area contributed by atoms with Crippen molar-refractivity contribution in [1.29, 1.82) is 0 Å². The SMILES string of the molecule is C[C@@H]1CCC23CCC(=O)C2[C@]1(C)[C@H](OC(=O)NC(=O)[C@H]1CN2CC[C@H]1C2)C[C@@](C)(Cc1ccncc1)[C@@H](O)[C@@H]3C. The third-order valence-corrected chi connectivity index (χ3v) is 12.4. The molecule has 1 aromatic rings. The number of amides is 2. The molecule has 3 aliphatic carbocycles. The molecule has 5 aliphatic rings. The molecule has 1 aromatic heterocycles. The Bertz CT molecular complexity index is 1180. The van der Waals surface area contributed by atoms with Crippen LogP contribution in [0.5, 0.6) is 0 Å². The van der Waals surface area contributed by atoms with E-state index in [0.717, 1.165) is 44.3 Å². The number of nitrogens with one attached hydrogen (secondary N) is 1. The van der Waals surface area contributed by atoms with Crippen LogP contribution in [0.4, 0.5) is 4.79 Å². The number of piperidine rings is 1. The summed E-state index contributed by atoms with van der Waals surface area (Å²) in [5.74, 6) is -0.144. The minimum atomic E-state index is -0.725. The zero-order valence-electron chi connectivity index (χ0n) is 24.4. The first-order chi connectivity index (χ1) is 19.0. The van der Waals surface area contributed by atoms with Crippen molar-refractivity contribution >= 4 is 17.8 Å². The molecular formula is C32H45N3O5. The van der Waals surface area contributed by atoms with Crippen LogP contribution in [0.15, 0.2) is 24.5 Å². The maximum Gasteiger partial charge on any atom is 0.414 e. The first-order valence-electron chi connectivity index (χ1n) is 15.3. The molecule has 218 valence electrons. The van der Waals surface area contributed by atoms with Gasteiger partial charge in [-0.1, -0.05) is 27.7 Å². The summed E-state index contributed by atoms with van der Waals surface area (Å²) >= 11 is 0. The molecule has 40 heavy (non-hydrogen) atoms. The van der Waals surface area contributed by atoms with Gasteiger partial charge in [-0.2, -0.15) is 0 Å². The topological polar surface area (TPSA) is 109 Å². The molecule has 0 spiro atoms. The summed E-state index contributed by atoms with van der Waals surface area (Å²) in [4.78, 5) is 46.7. The van der Waals surface area contributed by atoms with Crippen molar-refractivity contribution in [3.8, 4) is 0 Å². The van der Waals surface area contributed by atoms with Crippen LogP contribution in [0.3, 0.4) is 0 Å². The van der Waals surface area contributed by atoms with Gasteiger partial charge in [0.2, 0.25) is 5.91 Å². The Kier molecular flexibility index (Phi) is 6.89. The number of aromatic nitrogens is 1. The van der Waals surface area contributed by atoms with Crippen LogP contribution in [-0.4, -0.2) is 64.6 Å². The molecule has 3 heterocycles. The number of Topliss-reactive ketones (excluding diaryl/α,β-unsaturated/α-hetero) is 1. The second kappa shape index (κ2) is 9.90. The average molecular weight is 552 g/mol. The van der Waals surface area contributed by atoms with Crippen molar-refractivity contribution in [1.82, 2.24) is 15.2 Å². The lowest BCUT2D eigenvalue weighted by Gasteiger charge is -2.62. The highest BCUT2D eigenvalue weighted by Crippen LogP contribution is 2.68. The fourth-order valence-electron chi connectivity index (χ4n) is 9.93. The molecule has 0 radical (unpaired) electrons. The summed E-state index contributed by atoms with van der Waals surface area (Å²) in [6.45, 7) is 11.2. The number of aliphatic hydroxyl groups is 1. The van der Waals surface area contributed by atoms with E-state index in [9.17, 15) is 19.5 Å². The van der Waals surface area contributed by atoms with Crippen molar-refractivity contribution < 1.29 is 24.2 Å². The Hall–Kier alpha value is -2.32. The molecular weight excluding hydrogens is 506 g/mol. The summed E-state index contributed by atoms with van der Waals surface area (Å²) in [5.41, 5.74) is -0.481. The molecule has 8 nitrogen and oxygen atoms in total. The maximum atomic E-state index is 13.7. The second-order valence-electron chi connectivity index (χ2n) is 14.4. The summed E-state index contributed by atoms with van der Waals surface area (Å²) in [5, 5.41) is 14.7. The molecule has 3 unspecified atom stereocenters. The van der Waals surface area contributed by atoms with Gasteiger partial charge >= 0.3 is 6.09 Å². The van der Waals surface area contributed by atoms with E-state index in [2.05, 4.69) is 42.9 Å². The number of hydrogen-bond acceptors (Lipinski definition) is 7. The molecule has 6 rings (SSSR count). The van der Waals surface area contributed by atoms with E-state index < -0.39 is 29.1 Å². The van der Waals surface area contributed by atoms with Crippen molar-refractivity contribution in [2.24, 2.45) is 45.8 Å². The highest BCUT2D eigenvalue weighted by molar-refractivity contribution is 5.93. The third-order valence-electron chi connectivity index (χ3n) is 12.4. The number of rotatable bonds is 4. The van der Waals surface area contributed by atoms with Crippen LogP contribution in [0.2, 0.25) is 0 Å². The minimum Gasteiger partial charge on any atom is -0.445 e. The smallest absolute Gasteiger partial charge is 0.414 e. The molecule has 2 N–H and O–H groups in total. The first-order valence-corrected chi connectivity index (χ1v) is 15.3. The van der Waals surface area contributed by atoms with E-state index in [1.165, 1.54) is 0 Å². The zero-order valence-corrected chi connectivity index (χ0v) is 24.4. The van der Waals surface area contributed by atoms with Crippen LogP contribution in [-0.2, 0) is 20.7 Å². The molecule has 0 aromatic carbocycles. The molecule has 2 aliphatic heterocycles. The van der Waals surface area contributed by atoms with Crippen LogP contribution in [0.1, 0.15) is 71.8 Å². The Labute approximate surface area is 237 Å². The molecule has 11 atom stereocenters. The molecule has 3 saturated carbocycles. The Morgan fingerprint density at radius 1 is 1.15 bits per heavy atom. The van der Waals surface area contributed by atoms with Gasteiger partial charge in [-0.15, -0.1) is 0 Å². The predicted molar refractivity (Wildman–Crippen MR) is 149 cm³/mol. The minimum absolute atomic E-state index is 0.0771. The van der Waals surface area contributed by atoms with Crippen LogP contribution in [0, 0.1) is 45.8 Å². The Morgan fingerprint density at radius 3 is 2.58 bits per heavy atom. The number of imide groups is 1. The van der Waals surface area contributed by atoms with Crippen molar-refractivity contribution in [3.63, 3.8) is 0 Å².